The number of carbonyl (C=O) groups excluding carboxylic acids is 1. The Bertz CT molecular complexity index is 496. The molecule has 2 amide bonds. The number of hydrogen-bond donors (Lipinski definition) is 2. The van der Waals surface area contributed by atoms with Gasteiger partial charge in [0.25, 0.3) is 0 Å². The van der Waals surface area contributed by atoms with Gasteiger partial charge in [-0.2, -0.15) is 0 Å². The molecule has 0 aliphatic heterocycles. The van der Waals surface area contributed by atoms with Crippen molar-refractivity contribution in [2.45, 2.75) is 44.1 Å². The average molecular weight is 290 g/mol. The molecule has 5 heteroatoms. The van der Waals surface area contributed by atoms with Gasteiger partial charge in [-0.15, -0.1) is 0 Å². The average Bonchev–Trinajstić information content (AvgIpc) is 2.47. The number of para-hydroxylation sites is 1. The summed E-state index contributed by atoms with van der Waals surface area (Å²) >= 11 is 0. The molecule has 0 atom stereocenters. The number of aliphatic carboxylic acids is 1. The molecule has 1 fully saturated rings. The highest BCUT2D eigenvalue weighted by atomic mass is 16.4. The fraction of sp³-hybridized carbons (Fsp3) is 0.500. The van der Waals surface area contributed by atoms with E-state index in [4.69, 9.17) is 5.11 Å². The smallest absolute Gasteiger partial charge is 0.322 e. The van der Waals surface area contributed by atoms with Crippen LogP contribution >= 0.6 is 0 Å². The highest BCUT2D eigenvalue weighted by Crippen LogP contribution is 2.31. The summed E-state index contributed by atoms with van der Waals surface area (Å²) in [6.45, 7) is 0. The van der Waals surface area contributed by atoms with Gasteiger partial charge in [0.1, 0.15) is 0 Å². The van der Waals surface area contributed by atoms with Crippen LogP contribution < -0.4 is 10.2 Å². The first kappa shape index (κ1) is 15.4. The minimum atomic E-state index is -0.862. The van der Waals surface area contributed by atoms with E-state index in [0.717, 1.165) is 37.8 Å². The molecule has 0 aromatic heterocycles. The summed E-state index contributed by atoms with van der Waals surface area (Å²) in [7, 11) is 1.70. The maximum atomic E-state index is 12.4. The molecule has 1 aliphatic carbocycles. The lowest BCUT2D eigenvalue weighted by Gasteiger charge is -2.38. The predicted molar refractivity (Wildman–Crippen MR) is 81.4 cm³/mol. The quantitative estimate of drug-likeness (QED) is 0.895. The summed E-state index contributed by atoms with van der Waals surface area (Å²) in [5, 5.41) is 12.1. The lowest BCUT2D eigenvalue weighted by molar-refractivity contribution is -0.139. The maximum Gasteiger partial charge on any atom is 0.322 e. The molecule has 0 heterocycles. The molecular weight excluding hydrogens is 268 g/mol. The second kappa shape index (κ2) is 6.61. The van der Waals surface area contributed by atoms with Gasteiger partial charge in [-0.1, -0.05) is 37.5 Å². The Balaban J connectivity index is 2.09. The number of amides is 2. The monoisotopic (exact) mass is 290 g/mol. The zero-order chi connectivity index (χ0) is 15.3. The van der Waals surface area contributed by atoms with Crippen LogP contribution in [0.4, 0.5) is 10.5 Å². The summed E-state index contributed by atoms with van der Waals surface area (Å²) in [5.41, 5.74) is 0.181. The van der Waals surface area contributed by atoms with E-state index < -0.39 is 11.5 Å². The molecule has 0 saturated heterocycles. The Kier molecular flexibility index (Phi) is 4.83. The molecule has 1 saturated carbocycles. The third-order valence-electron chi connectivity index (χ3n) is 4.12. The van der Waals surface area contributed by atoms with Crippen LogP contribution in [0.15, 0.2) is 30.3 Å². The molecular formula is C16H22N2O3. The van der Waals surface area contributed by atoms with Gasteiger partial charge in [0.2, 0.25) is 0 Å². The third kappa shape index (κ3) is 3.97. The van der Waals surface area contributed by atoms with Gasteiger partial charge in [-0.05, 0) is 25.0 Å². The van der Waals surface area contributed by atoms with E-state index in [-0.39, 0.29) is 12.5 Å². The number of nitrogens with zero attached hydrogens (tertiary/aromatic N) is 1. The Morgan fingerprint density at radius 2 is 1.81 bits per heavy atom. The van der Waals surface area contributed by atoms with Crippen LogP contribution in [0.2, 0.25) is 0 Å². The van der Waals surface area contributed by atoms with E-state index in [0.29, 0.717) is 0 Å². The minimum absolute atomic E-state index is 0.0125. The van der Waals surface area contributed by atoms with Crippen LogP contribution in [-0.4, -0.2) is 29.7 Å². The SMILES string of the molecule is CN(C(=O)NC1(CC(=O)O)CCCCC1)c1ccccc1. The summed E-state index contributed by atoms with van der Waals surface area (Å²) in [6, 6.07) is 9.08. The maximum absolute atomic E-state index is 12.4. The highest BCUT2D eigenvalue weighted by Gasteiger charge is 2.36. The number of rotatable bonds is 4. The molecule has 1 aromatic rings. The minimum Gasteiger partial charge on any atom is -0.481 e. The number of carboxylic acids is 1. The second-order valence-electron chi connectivity index (χ2n) is 5.74. The number of anilines is 1. The zero-order valence-corrected chi connectivity index (χ0v) is 12.3. The molecule has 1 aromatic carbocycles. The van der Waals surface area contributed by atoms with Crippen LogP contribution in [-0.2, 0) is 4.79 Å². The molecule has 0 unspecified atom stereocenters. The van der Waals surface area contributed by atoms with Crippen molar-refractivity contribution in [2.75, 3.05) is 11.9 Å². The Labute approximate surface area is 125 Å². The van der Waals surface area contributed by atoms with E-state index in [1.165, 1.54) is 4.90 Å². The topological polar surface area (TPSA) is 69.6 Å². The molecule has 5 nitrogen and oxygen atoms in total. The Morgan fingerprint density at radius 3 is 2.38 bits per heavy atom. The Morgan fingerprint density at radius 1 is 1.19 bits per heavy atom. The van der Waals surface area contributed by atoms with Crippen LogP contribution in [0.5, 0.6) is 0 Å². The number of benzene rings is 1. The first-order valence-electron chi connectivity index (χ1n) is 7.35. The van der Waals surface area contributed by atoms with Gasteiger partial charge >= 0.3 is 12.0 Å². The highest BCUT2D eigenvalue weighted by molar-refractivity contribution is 5.92. The molecule has 2 N–H and O–H groups in total. The zero-order valence-electron chi connectivity index (χ0n) is 12.3. The standard InChI is InChI=1S/C16H22N2O3/c1-18(13-8-4-2-5-9-13)15(21)17-16(12-14(19)20)10-6-3-7-11-16/h2,4-5,8-9H,3,6-7,10-12H2,1H3,(H,17,21)(H,19,20). The van der Waals surface area contributed by atoms with Gasteiger partial charge in [-0.25, -0.2) is 4.79 Å². The molecule has 2 rings (SSSR count). The fourth-order valence-corrected chi connectivity index (χ4v) is 2.94. The van der Waals surface area contributed by atoms with Crippen molar-refractivity contribution in [3.05, 3.63) is 30.3 Å². The van der Waals surface area contributed by atoms with Crippen LogP contribution in [0.1, 0.15) is 38.5 Å². The predicted octanol–water partition coefficient (Wildman–Crippen LogP) is 3.01. The lowest BCUT2D eigenvalue weighted by Crippen LogP contribution is -2.54. The number of carbonyl (C=O) groups is 2. The molecule has 114 valence electrons. The van der Waals surface area contributed by atoms with Crippen molar-refractivity contribution in [3.63, 3.8) is 0 Å². The van der Waals surface area contributed by atoms with Crippen LogP contribution in [0, 0.1) is 0 Å². The van der Waals surface area contributed by atoms with E-state index >= 15 is 0 Å². The summed E-state index contributed by atoms with van der Waals surface area (Å²) in [4.78, 5) is 25.1. The molecule has 0 radical (unpaired) electrons. The second-order valence-corrected chi connectivity index (χ2v) is 5.74. The summed E-state index contributed by atoms with van der Waals surface area (Å²) in [6.07, 6.45) is 4.47. The summed E-state index contributed by atoms with van der Waals surface area (Å²) in [5.74, 6) is -0.862. The number of hydrogen-bond acceptors (Lipinski definition) is 2. The van der Waals surface area contributed by atoms with E-state index in [1.807, 2.05) is 30.3 Å². The van der Waals surface area contributed by atoms with Gasteiger partial charge in [0.15, 0.2) is 0 Å². The normalized spacial score (nSPS) is 17.0. The van der Waals surface area contributed by atoms with E-state index in [2.05, 4.69) is 5.32 Å². The van der Waals surface area contributed by atoms with Crippen molar-refractivity contribution in [1.82, 2.24) is 5.32 Å². The van der Waals surface area contributed by atoms with Crippen LogP contribution in [0.25, 0.3) is 0 Å². The number of carboxylic acid groups (broad SMARTS) is 1. The van der Waals surface area contributed by atoms with Crippen molar-refractivity contribution in [2.24, 2.45) is 0 Å². The largest absolute Gasteiger partial charge is 0.481 e. The van der Waals surface area contributed by atoms with Gasteiger partial charge < -0.3 is 10.4 Å². The molecule has 21 heavy (non-hydrogen) atoms. The van der Waals surface area contributed by atoms with Crippen molar-refractivity contribution >= 4 is 17.7 Å². The fourth-order valence-electron chi connectivity index (χ4n) is 2.94. The molecule has 1 aliphatic rings. The number of urea groups is 1. The van der Waals surface area contributed by atoms with Gasteiger partial charge in [-0.3, -0.25) is 9.69 Å². The van der Waals surface area contributed by atoms with Crippen molar-refractivity contribution < 1.29 is 14.7 Å². The van der Waals surface area contributed by atoms with Crippen LogP contribution in [0.3, 0.4) is 0 Å². The van der Waals surface area contributed by atoms with Gasteiger partial charge in [0, 0.05) is 12.7 Å². The first-order valence-corrected chi connectivity index (χ1v) is 7.35. The molecule has 0 spiro atoms. The Hall–Kier alpha value is -2.04. The first-order chi connectivity index (χ1) is 10.0. The van der Waals surface area contributed by atoms with Crippen molar-refractivity contribution in [3.8, 4) is 0 Å². The molecule has 0 bridgehead atoms. The van der Waals surface area contributed by atoms with E-state index in [1.54, 1.807) is 7.05 Å². The third-order valence-corrected chi connectivity index (χ3v) is 4.12. The lowest BCUT2D eigenvalue weighted by atomic mass is 9.79. The van der Waals surface area contributed by atoms with E-state index in [9.17, 15) is 9.59 Å². The van der Waals surface area contributed by atoms with Crippen molar-refractivity contribution in [1.29, 1.82) is 0 Å². The van der Waals surface area contributed by atoms with Gasteiger partial charge in [0.05, 0.1) is 12.0 Å². The summed E-state index contributed by atoms with van der Waals surface area (Å²) < 4.78 is 0. The number of nitrogens with one attached hydrogen (secondary N) is 1.